The second-order valence-corrected chi connectivity index (χ2v) is 5.02. The molecule has 7 nitrogen and oxygen atoms in total. The molecule has 1 aromatic rings. The predicted molar refractivity (Wildman–Crippen MR) is 75.4 cm³/mol. The van der Waals surface area contributed by atoms with Crippen LogP contribution in [0, 0.1) is 6.92 Å². The Labute approximate surface area is 123 Å². The zero-order valence-corrected chi connectivity index (χ0v) is 12.7. The molecule has 0 aliphatic carbocycles. The maximum atomic E-state index is 11.8. The fourth-order valence-electron chi connectivity index (χ4n) is 2.13. The van der Waals surface area contributed by atoms with Gasteiger partial charge >= 0.3 is 5.69 Å². The number of nitrogens with one attached hydrogen (secondary N) is 1. The Morgan fingerprint density at radius 1 is 1.58 bits per heavy atom. The van der Waals surface area contributed by atoms with Gasteiger partial charge in [0.1, 0.15) is 35.3 Å². The van der Waals surface area contributed by atoms with Gasteiger partial charge in [-0.25, -0.2) is 4.79 Å². The minimum absolute atomic E-state index is 0.140. The van der Waals surface area contributed by atoms with Crippen molar-refractivity contribution in [3.8, 4) is 0 Å². The summed E-state index contributed by atoms with van der Waals surface area (Å²) < 4.78 is 17.5. The first-order chi connectivity index (χ1) is 9.06. The van der Waals surface area contributed by atoms with Crippen molar-refractivity contribution in [2.75, 3.05) is 13.7 Å². The number of aryl methyl sites for hydroxylation is 1. The fraction of sp³-hybridized carbons (Fsp3) is 0.636. The molecule has 1 aromatic heterocycles. The van der Waals surface area contributed by atoms with Crippen LogP contribution in [0.25, 0.3) is 0 Å². The van der Waals surface area contributed by atoms with Crippen LogP contribution in [0.15, 0.2) is 15.8 Å². The molecule has 3 atom stereocenters. The molecule has 0 amide bonds. The number of rotatable bonds is 4. The average molecular weight is 382 g/mol. The van der Waals surface area contributed by atoms with Crippen molar-refractivity contribution in [3.05, 3.63) is 32.6 Å². The third-order valence-electron chi connectivity index (χ3n) is 3.17. The van der Waals surface area contributed by atoms with E-state index < -0.39 is 11.9 Å². The monoisotopic (exact) mass is 382 g/mol. The Hall–Kier alpha value is -0.710. The first kappa shape index (κ1) is 14.7. The second kappa shape index (κ2) is 6.16. The first-order valence-electron chi connectivity index (χ1n) is 5.80. The molecule has 0 saturated carbocycles. The summed E-state index contributed by atoms with van der Waals surface area (Å²) in [5.74, 6) is 0. The van der Waals surface area contributed by atoms with Gasteiger partial charge in [0.2, 0.25) is 0 Å². The molecule has 0 spiro atoms. The Morgan fingerprint density at radius 3 is 2.95 bits per heavy atom. The highest BCUT2D eigenvalue weighted by Gasteiger charge is 2.37. The minimum atomic E-state index is -0.480. The highest BCUT2D eigenvalue weighted by molar-refractivity contribution is 14.1. The molecule has 0 radical (unpaired) electrons. The fourth-order valence-corrected chi connectivity index (χ4v) is 2.49. The van der Waals surface area contributed by atoms with E-state index in [1.54, 1.807) is 37.0 Å². The molecule has 0 aromatic carbocycles. The number of methoxy groups -OCH3 is 1. The molecule has 1 aliphatic rings. The predicted octanol–water partition coefficient (Wildman–Crippen LogP) is 0.514. The molecule has 106 valence electrons. The average Bonchev–Trinajstić information content (AvgIpc) is 2.77. The van der Waals surface area contributed by atoms with Gasteiger partial charge in [0.15, 0.2) is 0 Å². The van der Waals surface area contributed by atoms with Crippen molar-refractivity contribution >= 4 is 23.0 Å². The lowest BCUT2D eigenvalue weighted by atomic mass is 10.2. The summed E-state index contributed by atoms with van der Waals surface area (Å²) in [4.78, 5) is 25.4. The van der Waals surface area contributed by atoms with Gasteiger partial charge in [0.25, 0.3) is 5.56 Å². The largest absolute Gasteiger partial charge is 0.378 e. The van der Waals surface area contributed by atoms with Gasteiger partial charge in [0.05, 0.1) is 12.7 Å². The third-order valence-corrected chi connectivity index (χ3v) is 3.53. The van der Waals surface area contributed by atoms with Crippen LogP contribution in [0.5, 0.6) is 0 Å². The standard InChI is InChI=1S/C11H15IN2O5/c1-6-4-14(11(16)13-10(6)15)9-3-7(17-2)8(19-9)5-18-12/h4,7-9H,3,5H2,1-2H3,(H,13,15,16). The molecule has 1 saturated heterocycles. The summed E-state index contributed by atoms with van der Waals surface area (Å²) in [6.07, 6.45) is 1.22. The van der Waals surface area contributed by atoms with E-state index in [0.717, 1.165) is 0 Å². The molecular formula is C11H15IN2O5. The lowest BCUT2D eigenvalue weighted by molar-refractivity contribution is -0.0428. The topological polar surface area (TPSA) is 82.6 Å². The Bertz CT molecular complexity index is 555. The van der Waals surface area contributed by atoms with Crippen LogP contribution < -0.4 is 11.2 Å². The Balaban J connectivity index is 2.27. The van der Waals surface area contributed by atoms with Crippen molar-refractivity contribution in [2.24, 2.45) is 0 Å². The number of hydrogen-bond donors (Lipinski definition) is 1. The van der Waals surface area contributed by atoms with E-state index in [4.69, 9.17) is 12.5 Å². The molecular weight excluding hydrogens is 367 g/mol. The van der Waals surface area contributed by atoms with Gasteiger partial charge in [-0.1, -0.05) is 0 Å². The van der Waals surface area contributed by atoms with E-state index in [1.807, 2.05) is 0 Å². The van der Waals surface area contributed by atoms with Crippen molar-refractivity contribution < 1.29 is 12.5 Å². The van der Waals surface area contributed by atoms with Crippen LogP contribution in [-0.4, -0.2) is 35.5 Å². The van der Waals surface area contributed by atoms with Crippen LogP contribution in [0.1, 0.15) is 18.2 Å². The molecule has 1 N–H and O–H groups in total. The quantitative estimate of drug-likeness (QED) is 0.768. The van der Waals surface area contributed by atoms with Crippen molar-refractivity contribution in [1.29, 1.82) is 0 Å². The van der Waals surface area contributed by atoms with Crippen LogP contribution in [0.3, 0.4) is 0 Å². The zero-order chi connectivity index (χ0) is 14.0. The van der Waals surface area contributed by atoms with Crippen LogP contribution in [0.4, 0.5) is 0 Å². The molecule has 0 bridgehead atoms. The molecule has 1 aliphatic heterocycles. The van der Waals surface area contributed by atoms with E-state index in [1.165, 1.54) is 10.8 Å². The lowest BCUT2D eigenvalue weighted by Crippen LogP contribution is -2.33. The summed E-state index contributed by atoms with van der Waals surface area (Å²) in [5, 5.41) is 0. The van der Waals surface area contributed by atoms with E-state index in [2.05, 4.69) is 4.98 Å². The molecule has 19 heavy (non-hydrogen) atoms. The highest BCUT2D eigenvalue weighted by Crippen LogP contribution is 2.29. The molecule has 2 rings (SSSR count). The van der Waals surface area contributed by atoms with Gasteiger partial charge in [-0.3, -0.25) is 14.3 Å². The number of nitrogens with zero attached hydrogens (tertiary/aromatic N) is 1. The van der Waals surface area contributed by atoms with E-state index >= 15 is 0 Å². The van der Waals surface area contributed by atoms with E-state index in [9.17, 15) is 9.59 Å². The number of H-pyrrole nitrogens is 1. The normalized spacial score (nSPS) is 26.8. The first-order valence-corrected chi connectivity index (χ1v) is 6.68. The van der Waals surface area contributed by atoms with Gasteiger partial charge in [-0.2, -0.15) is 0 Å². The zero-order valence-electron chi connectivity index (χ0n) is 10.6. The van der Waals surface area contributed by atoms with Crippen LogP contribution >= 0.6 is 23.0 Å². The van der Waals surface area contributed by atoms with Gasteiger partial charge in [-0.15, -0.1) is 0 Å². The van der Waals surface area contributed by atoms with Crippen LogP contribution in [-0.2, 0) is 12.5 Å². The number of aromatic nitrogens is 2. The summed E-state index contributed by atoms with van der Waals surface area (Å²) in [6, 6.07) is 0. The Kier molecular flexibility index (Phi) is 4.76. The summed E-state index contributed by atoms with van der Waals surface area (Å²) >= 11 is 1.79. The third kappa shape index (κ3) is 3.07. The van der Waals surface area contributed by atoms with Gasteiger partial charge in [-0.05, 0) is 6.92 Å². The number of hydrogen-bond acceptors (Lipinski definition) is 5. The van der Waals surface area contributed by atoms with Crippen molar-refractivity contribution in [1.82, 2.24) is 9.55 Å². The summed E-state index contributed by atoms with van der Waals surface area (Å²) in [7, 11) is 1.59. The molecule has 2 heterocycles. The van der Waals surface area contributed by atoms with Crippen molar-refractivity contribution in [2.45, 2.75) is 31.8 Å². The summed E-state index contributed by atoms with van der Waals surface area (Å²) in [6.45, 7) is 2.02. The van der Waals surface area contributed by atoms with Crippen LogP contribution in [0.2, 0.25) is 0 Å². The highest BCUT2D eigenvalue weighted by atomic mass is 127. The number of aromatic amines is 1. The Morgan fingerprint density at radius 2 is 2.32 bits per heavy atom. The lowest BCUT2D eigenvalue weighted by Gasteiger charge is -2.15. The molecule has 8 heteroatoms. The SMILES string of the molecule is COC1CC(n2cc(C)c(=O)[nH]c2=O)OC1COI. The van der Waals surface area contributed by atoms with Gasteiger partial charge < -0.3 is 12.5 Å². The molecule has 3 unspecified atom stereocenters. The maximum Gasteiger partial charge on any atom is 0.330 e. The van der Waals surface area contributed by atoms with E-state index in [0.29, 0.717) is 18.6 Å². The maximum absolute atomic E-state index is 11.8. The number of halogens is 1. The van der Waals surface area contributed by atoms with Gasteiger partial charge in [0, 0.05) is 25.3 Å². The van der Waals surface area contributed by atoms with E-state index in [-0.39, 0.29) is 17.8 Å². The minimum Gasteiger partial charge on any atom is -0.378 e. The summed E-state index contributed by atoms with van der Waals surface area (Å²) in [5.41, 5.74) is -0.396. The second-order valence-electron chi connectivity index (χ2n) is 4.39. The molecule has 1 fully saturated rings. The smallest absolute Gasteiger partial charge is 0.330 e. The van der Waals surface area contributed by atoms with Crippen molar-refractivity contribution in [3.63, 3.8) is 0 Å². The number of ether oxygens (including phenoxy) is 2.